The van der Waals surface area contributed by atoms with Crippen LogP contribution in [0.5, 0.6) is 0 Å². The zero-order chi connectivity index (χ0) is 16.7. The number of nitro benzene ring substituents is 1. The first-order valence-corrected chi connectivity index (χ1v) is 7.99. The molecule has 11 heteroatoms. The fourth-order valence-corrected chi connectivity index (χ4v) is 3.80. The molecule has 0 atom stereocenters. The van der Waals surface area contributed by atoms with Gasteiger partial charge in [0.15, 0.2) is 4.90 Å². The van der Waals surface area contributed by atoms with Crippen LogP contribution in [0.4, 0.5) is 5.69 Å². The Morgan fingerprint density at radius 3 is 2.32 bits per heavy atom. The van der Waals surface area contributed by atoms with E-state index in [9.17, 15) is 23.3 Å². The number of hydrogen-bond acceptors (Lipinski definition) is 5. The second kappa shape index (κ2) is 5.88. The molecule has 0 radical (unpaired) electrons. The van der Waals surface area contributed by atoms with Gasteiger partial charge in [0.25, 0.3) is 21.3 Å². The molecule has 0 aliphatic rings. The summed E-state index contributed by atoms with van der Waals surface area (Å²) in [6, 6.07) is 4.01. The molecule has 22 heavy (non-hydrogen) atoms. The van der Waals surface area contributed by atoms with Gasteiger partial charge in [0.2, 0.25) is 0 Å². The molecule has 1 aromatic heterocycles. The van der Waals surface area contributed by atoms with Gasteiger partial charge in [-0.25, -0.2) is 12.4 Å². The van der Waals surface area contributed by atoms with Crippen LogP contribution >= 0.6 is 34.8 Å². The van der Waals surface area contributed by atoms with Crippen LogP contribution in [-0.4, -0.2) is 17.3 Å². The van der Waals surface area contributed by atoms with E-state index < -0.39 is 36.1 Å². The van der Waals surface area contributed by atoms with E-state index in [2.05, 4.69) is 0 Å². The van der Waals surface area contributed by atoms with E-state index in [4.69, 9.17) is 34.8 Å². The van der Waals surface area contributed by atoms with Crippen LogP contribution < -0.4 is 5.56 Å². The van der Waals surface area contributed by atoms with Gasteiger partial charge in [-0.05, 0) is 18.2 Å². The lowest BCUT2D eigenvalue weighted by Crippen LogP contribution is -2.27. The van der Waals surface area contributed by atoms with Crippen molar-refractivity contribution in [3.8, 4) is 0 Å². The third-order valence-corrected chi connectivity index (χ3v) is 4.97. The standard InChI is InChI=1S/C11H5Cl3N2O5S/c12-6-1-2-10(9(4-6)16(18)19)22(20,21)15-5-7(13)3-8(14)11(15)17/h1-5H. The van der Waals surface area contributed by atoms with E-state index in [0.717, 1.165) is 30.5 Å². The van der Waals surface area contributed by atoms with Gasteiger partial charge >= 0.3 is 0 Å². The number of nitro groups is 1. The number of benzene rings is 1. The van der Waals surface area contributed by atoms with E-state index in [1.165, 1.54) is 0 Å². The molecule has 0 N–H and O–H groups in total. The maximum Gasteiger partial charge on any atom is 0.291 e. The Morgan fingerprint density at radius 2 is 1.73 bits per heavy atom. The van der Waals surface area contributed by atoms with Crippen molar-refractivity contribution in [1.29, 1.82) is 0 Å². The predicted octanol–water partition coefficient (Wildman–Crippen LogP) is 2.95. The molecule has 1 aromatic carbocycles. The Kier molecular flexibility index (Phi) is 4.48. The molecule has 0 spiro atoms. The minimum absolute atomic E-state index is 0.0258. The molecule has 0 amide bonds. The molecule has 0 bridgehead atoms. The first-order valence-electron chi connectivity index (χ1n) is 5.42. The Bertz CT molecular complexity index is 939. The molecule has 2 rings (SSSR count). The van der Waals surface area contributed by atoms with Gasteiger partial charge in [0.05, 0.1) is 9.95 Å². The maximum atomic E-state index is 12.5. The summed E-state index contributed by atoms with van der Waals surface area (Å²) in [6.45, 7) is 0. The van der Waals surface area contributed by atoms with Crippen molar-refractivity contribution in [2.75, 3.05) is 0 Å². The molecule has 0 aliphatic heterocycles. The quantitative estimate of drug-likeness (QED) is 0.599. The maximum absolute atomic E-state index is 12.5. The normalized spacial score (nSPS) is 11.4. The molecule has 116 valence electrons. The van der Waals surface area contributed by atoms with E-state index >= 15 is 0 Å². The SMILES string of the molecule is O=c1c(Cl)cc(Cl)cn1S(=O)(=O)c1ccc(Cl)cc1[N+](=O)[O-]. The smallest absolute Gasteiger partial charge is 0.267 e. The van der Waals surface area contributed by atoms with Crippen molar-refractivity contribution in [1.82, 2.24) is 3.97 Å². The third kappa shape index (κ3) is 2.95. The minimum Gasteiger partial charge on any atom is -0.267 e. The van der Waals surface area contributed by atoms with E-state index in [-0.39, 0.29) is 14.0 Å². The number of aromatic nitrogens is 1. The number of nitrogens with zero attached hydrogens (tertiary/aromatic N) is 2. The molecule has 0 unspecified atom stereocenters. The molecule has 1 heterocycles. The lowest BCUT2D eigenvalue weighted by molar-refractivity contribution is -0.387. The fourth-order valence-electron chi connectivity index (χ4n) is 1.63. The van der Waals surface area contributed by atoms with Gasteiger partial charge in [-0.3, -0.25) is 14.9 Å². The summed E-state index contributed by atoms with van der Waals surface area (Å²) in [5, 5.41) is 10.4. The average Bonchev–Trinajstić information content (AvgIpc) is 2.42. The van der Waals surface area contributed by atoms with Crippen LogP contribution in [0.15, 0.2) is 40.2 Å². The molecular weight excluding hydrogens is 379 g/mol. The number of hydrogen-bond donors (Lipinski definition) is 0. The summed E-state index contributed by atoms with van der Waals surface area (Å²) < 4.78 is 25.2. The van der Waals surface area contributed by atoms with Crippen molar-refractivity contribution in [3.05, 3.63) is 66.0 Å². The van der Waals surface area contributed by atoms with Crippen molar-refractivity contribution < 1.29 is 13.3 Å². The second-order valence-corrected chi connectivity index (χ2v) is 7.04. The lowest BCUT2D eigenvalue weighted by atomic mass is 10.3. The van der Waals surface area contributed by atoms with Crippen LogP contribution in [0.25, 0.3) is 0 Å². The van der Waals surface area contributed by atoms with Gasteiger partial charge in [0, 0.05) is 17.3 Å². The molecule has 7 nitrogen and oxygen atoms in total. The molecular formula is C11H5Cl3N2O5S. The molecule has 0 saturated heterocycles. The summed E-state index contributed by atoms with van der Waals surface area (Å²) in [4.78, 5) is 21.3. The summed E-state index contributed by atoms with van der Waals surface area (Å²) in [5.74, 6) is 0. The van der Waals surface area contributed by atoms with E-state index in [0.29, 0.717) is 0 Å². The monoisotopic (exact) mass is 382 g/mol. The highest BCUT2D eigenvalue weighted by molar-refractivity contribution is 7.90. The van der Waals surface area contributed by atoms with E-state index in [1.807, 2.05) is 0 Å². The van der Waals surface area contributed by atoms with Crippen molar-refractivity contribution >= 4 is 50.5 Å². The molecule has 0 aliphatic carbocycles. The molecule has 2 aromatic rings. The topological polar surface area (TPSA) is 99.3 Å². The van der Waals surface area contributed by atoms with Gasteiger partial charge in [-0.2, -0.15) is 0 Å². The first kappa shape index (κ1) is 16.8. The highest BCUT2D eigenvalue weighted by Gasteiger charge is 2.29. The fraction of sp³-hybridized carbons (Fsp3) is 0. The third-order valence-electron chi connectivity index (χ3n) is 2.56. The highest BCUT2D eigenvalue weighted by atomic mass is 35.5. The van der Waals surface area contributed by atoms with Crippen LogP contribution in [0, 0.1) is 10.1 Å². The van der Waals surface area contributed by atoms with Crippen molar-refractivity contribution in [3.63, 3.8) is 0 Å². The predicted molar refractivity (Wildman–Crippen MR) is 81.4 cm³/mol. The summed E-state index contributed by atoms with van der Waals surface area (Å²) in [6.07, 6.45) is 0.809. The van der Waals surface area contributed by atoms with Gasteiger partial charge in [-0.1, -0.05) is 34.8 Å². The van der Waals surface area contributed by atoms with Gasteiger partial charge < -0.3 is 0 Å². The van der Waals surface area contributed by atoms with Crippen LogP contribution in [0.2, 0.25) is 15.1 Å². The van der Waals surface area contributed by atoms with Crippen LogP contribution in [-0.2, 0) is 10.0 Å². The van der Waals surface area contributed by atoms with Crippen molar-refractivity contribution in [2.45, 2.75) is 4.90 Å². The Balaban J connectivity index is 2.83. The highest BCUT2D eigenvalue weighted by Crippen LogP contribution is 2.28. The number of rotatable bonds is 3. The zero-order valence-corrected chi connectivity index (χ0v) is 13.4. The summed E-state index contributed by atoms with van der Waals surface area (Å²) in [7, 11) is -4.57. The van der Waals surface area contributed by atoms with Gasteiger partial charge in [0.1, 0.15) is 5.02 Å². The largest absolute Gasteiger partial charge is 0.291 e. The Hall–Kier alpha value is -1.61. The number of halogens is 3. The zero-order valence-electron chi connectivity index (χ0n) is 10.4. The minimum atomic E-state index is -4.57. The molecule has 0 saturated carbocycles. The van der Waals surface area contributed by atoms with E-state index in [1.54, 1.807) is 0 Å². The second-order valence-electron chi connectivity index (χ2n) is 3.98. The van der Waals surface area contributed by atoms with Crippen LogP contribution in [0.1, 0.15) is 0 Å². The van der Waals surface area contributed by atoms with Gasteiger partial charge in [-0.15, -0.1) is 0 Å². The van der Waals surface area contributed by atoms with Crippen molar-refractivity contribution in [2.24, 2.45) is 0 Å². The summed E-state index contributed by atoms with van der Waals surface area (Å²) in [5.41, 5.74) is -1.84. The summed E-state index contributed by atoms with van der Waals surface area (Å²) >= 11 is 16.9. The lowest BCUT2D eigenvalue weighted by Gasteiger charge is -2.09. The first-order chi connectivity index (χ1) is 10.1. The Labute approximate surface area is 138 Å². The molecule has 0 fully saturated rings. The average molecular weight is 384 g/mol. The Morgan fingerprint density at radius 1 is 1.09 bits per heavy atom. The number of pyridine rings is 1. The van der Waals surface area contributed by atoms with Crippen LogP contribution in [0.3, 0.4) is 0 Å².